The van der Waals surface area contributed by atoms with Crippen LogP contribution < -0.4 is 15.8 Å². The van der Waals surface area contributed by atoms with Crippen molar-refractivity contribution in [3.63, 3.8) is 0 Å². The number of nitrogens with zero attached hydrogens (tertiary/aromatic N) is 1. The van der Waals surface area contributed by atoms with Gasteiger partial charge in [0, 0.05) is 49.2 Å². The zero-order valence-corrected chi connectivity index (χ0v) is 15.8. The van der Waals surface area contributed by atoms with Crippen LogP contribution in [0.5, 0.6) is 5.75 Å². The maximum Gasteiger partial charge on any atom is 0.119 e. The van der Waals surface area contributed by atoms with Crippen molar-refractivity contribution < 1.29 is 9.47 Å². The van der Waals surface area contributed by atoms with Gasteiger partial charge in [0.2, 0.25) is 0 Å². The van der Waals surface area contributed by atoms with E-state index in [1.807, 2.05) is 49.5 Å². The van der Waals surface area contributed by atoms with Crippen molar-refractivity contribution in [2.24, 2.45) is 0 Å². The third kappa shape index (κ3) is 5.21. The molecule has 0 unspecified atom stereocenters. The second kappa shape index (κ2) is 9.39. The predicted molar refractivity (Wildman–Crippen MR) is 110 cm³/mol. The Labute approximate surface area is 160 Å². The van der Waals surface area contributed by atoms with Crippen LogP contribution in [0.3, 0.4) is 0 Å². The average Bonchev–Trinajstić information content (AvgIpc) is 2.72. The van der Waals surface area contributed by atoms with Gasteiger partial charge in [-0.25, -0.2) is 0 Å². The molecule has 6 heteroatoms. The van der Waals surface area contributed by atoms with Gasteiger partial charge < -0.3 is 20.5 Å². The molecule has 0 aromatic heterocycles. The Kier molecular flexibility index (Phi) is 6.68. The minimum Gasteiger partial charge on any atom is -0.494 e. The number of morpholine rings is 1. The van der Waals surface area contributed by atoms with Crippen molar-refractivity contribution in [2.45, 2.75) is 6.42 Å². The van der Waals surface area contributed by atoms with E-state index in [9.17, 15) is 0 Å². The Bertz CT molecular complexity index is 755. The molecule has 0 saturated carbocycles. The average molecular weight is 368 g/mol. The molecule has 2 aromatic carbocycles. The van der Waals surface area contributed by atoms with E-state index in [0.29, 0.717) is 18.0 Å². The topological polar surface area (TPSA) is 83.6 Å². The second-order valence-electron chi connectivity index (χ2n) is 6.61. The lowest BCUT2D eigenvalue weighted by Gasteiger charge is -2.26. The van der Waals surface area contributed by atoms with Gasteiger partial charge in [0.1, 0.15) is 5.75 Å². The first-order valence-corrected chi connectivity index (χ1v) is 9.37. The molecule has 1 aliphatic heterocycles. The van der Waals surface area contributed by atoms with Gasteiger partial charge in [-0.15, -0.1) is 0 Å². The van der Waals surface area contributed by atoms with Crippen LogP contribution in [0.4, 0.5) is 11.4 Å². The molecule has 0 aliphatic carbocycles. The molecular weight excluding hydrogens is 340 g/mol. The number of anilines is 2. The second-order valence-corrected chi connectivity index (χ2v) is 6.61. The van der Waals surface area contributed by atoms with Gasteiger partial charge in [-0.1, -0.05) is 0 Å². The van der Waals surface area contributed by atoms with E-state index in [0.717, 1.165) is 61.8 Å². The van der Waals surface area contributed by atoms with E-state index in [4.69, 9.17) is 20.6 Å². The summed E-state index contributed by atoms with van der Waals surface area (Å²) < 4.78 is 11.2. The highest BCUT2D eigenvalue weighted by Crippen LogP contribution is 2.22. The highest BCUT2D eigenvalue weighted by molar-refractivity contribution is 6.14. The normalized spacial score (nSPS) is 14.7. The van der Waals surface area contributed by atoms with Gasteiger partial charge in [-0.05, 0) is 48.9 Å². The minimum atomic E-state index is 0.406. The summed E-state index contributed by atoms with van der Waals surface area (Å²) in [5, 5.41) is 11.6. The van der Waals surface area contributed by atoms with Crippen molar-refractivity contribution in [3.8, 4) is 5.75 Å². The van der Waals surface area contributed by atoms with E-state index in [-0.39, 0.29) is 0 Å². The van der Waals surface area contributed by atoms with Crippen LogP contribution in [0.1, 0.15) is 17.5 Å². The van der Waals surface area contributed by atoms with Crippen LogP contribution in [-0.2, 0) is 4.74 Å². The van der Waals surface area contributed by atoms with Crippen LogP contribution >= 0.6 is 0 Å². The van der Waals surface area contributed by atoms with Crippen LogP contribution in [-0.4, -0.2) is 57.1 Å². The number of hydrogen-bond donors (Lipinski definition) is 3. The zero-order valence-electron chi connectivity index (χ0n) is 15.8. The van der Waals surface area contributed by atoms with Gasteiger partial charge in [-0.2, -0.15) is 0 Å². The molecule has 0 spiro atoms. The van der Waals surface area contributed by atoms with E-state index >= 15 is 0 Å². The summed E-state index contributed by atoms with van der Waals surface area (Å²) in [6, 6.07) is 13.3. The Morgan fingerprint density at radius 2 is 1.93 bits per heavy atom. The quantitative estimate of drug-likeness (QED) is 0.379. The third-order valence-electron chi connectivity index (χ3n) is 4.75. The van der Waals surface area contributed by atoms with Gasteiger partial charge >= 0.3 is 0 Å². The number of rotatable bonds is 8. The fourth-order valence-electron chi connectivity index (χ4n) is 3.10. The van der Waals surface area contributed by atoms with Gasteiger partial charge in [-0.3, -0.25) is 10.3 Å². The molecule has 1 saturated heterocycles. The smallest absolute Gasteiger partial charge is 0.119 e. The lowest BCUT2D eigenvalue weighted by molar-refractivity contribution is 0.0358. The Morgan fingerprint density at radius 3 is 2.63 bits per heavy atom. The van der Waals surface area contributed by atoms with Crippen LogP contribution in [0, 0.1) is 5.41 Å². The highest BCUT2D eigenvalue weighted by Gasteiger charge is 2.11. The summed E-state index contributed by atoms with van der Waals surface area (Å²) in [6.07, 6.45) is 0.991. The standard InChI is InChI=1S/C21H28N4O2/c1-24-17-5-8-20(22)19(15-17)21(23)16-3-6-18(7-4-16)27-12-2-9-25-10-13-26-14-11-25/h3-8,15,23-24H,2,9-14,22H2,1H3. The number of ether oxygens (including phenoxy) is 2. The Balaban J connectivity index is 1.53. The molecule has 0 amide bonds. The molecule has 6 nitrogen and oxygen atoms in total. The van der Waals surface area contributed by atoms with E-state index in [2.05, 4.69) is 10.2 Å². The van der Waals surface area contributed by atoms with Crippen molar-refractivity contribution in [2.75, 3.05) is 57.6 Å². The lowest BCUT2D eigenvalue weighted by atomic mass is 10.0. The molecule has 144 valence electrons. The van der Waals surface area contributed by atoms with Crippen molar-refractivity contribution >= 4 is 17.1 Å². The monoisotopic (exact) mass is 368 g/mol. The molecule has 2 aromatic rings. The lowest BCUT2D eigenvalue weighted by Crippen LogP contribution is -2.37. The zero-order chi connectivity index (χ0) is 19.1. The number of hydrogen-bond acceptors (Lipinski definition) is 6. The Morgan fingerprint density at radius 1 is 1.19 bits per heavy atom. The molecule has 27 heavy (non-hydrogen) atoms. The van der Waals surface area contributed by atoms with Crippen molar-refractivity contribution in [1.82, 2.24) is 4.90 Å². The van der Waals surface area contributed by atoms with Gasteiger partial charge in [0.25, 0.3) is 0 Å². The number of nitrogens with two attached hydrogens (primary N) is 1. The van der Waals surface area contributed by atoms with Gasteiger partial charge in [0.15, 0.2) is 0 Å². The first kappa shape index (κ1) is 19.2. The fourth-order valence-corrected chi connectivity index (χ4v) is 3.10. The van der Waals surface area contributed by atoms with Crippen LogP contribution in [0.25, 0.3) is 0 Å². The van der Waals surface area contributed by atoms with Crippen molar-refractivity contribution in [1.29, 1.82) is 5.41 Å². The van der Waals surface area contributed by atoms with E-state index in [1.54, 1.807) is 0 Å². The molecule has 0 radical (unpaired) electrons. The maximum atomic E-state index is 8.47. The number of nitrogens with one attached hydrogen (secondary N) is 2. The minimum absolute atomic E-state index is 0.406. The number of nitrogen functional groups attached to an aromatic ring is 1. The highest BCUT2D eigenvalue weighted by atomic mass is 16.5. The maximum absolute atomic E-state index is 8.47. The fraction of sp³-hybridized carbons (Fsp3) is 0.381. The number of benzene rings is 2. The molecule has 1 heterocycles. The summed E-state index contributed by atoms with van der Waals surface area (Å²) in [5.74, 6) is 0.825. The third-order valence-corrected chi connectivity index (χ3v) is 4.75. The Hall–Kier alpha value is -2.57. The molecule has 1 fully saturated rings. The first-order chi connectivity index (χ1) is 13.2. The van der Waals surface area contributed by atoms with Crippen molar-refractivity contribution in [3.05, 3.63) is 53.6 Å². The molecule has 3 rings (SSSR count). The molecule has 0 bridgehead atoms. The SMILES string of the molecule is CNc1ccc(N)c(C(=N)c2ccc(OCCCN3CCOCC3)cc2)c1. The first-order valence-electron chi connectivity index (χ1n) is 9.37. The predicted octanol–water partition coefficient (Wildman–Crippen LogP) is 2.83. The largest absolute Gasteiger partial charge is 0.494 e. The summed E-state index contributed by atoms with van der Waals surface area (Å²) >= 11 is 0. The van der Waals surface area contributed by atoms with E-state index in [1.165, 1.54) is 0 Å². The summed E-state index contributed by atoms with van der Waals surface area (Å²) in [6.45, 7) is 5.40. The molecular formula is C21H28N4O2. The summed E-state index contributed by atoms with van der Waals surface area (Å²) in [5.41, 5.74) is 9.53. The molecule has 0 atom stereocenters. The molecule has 1 aliphatic rings. The van der Waals surface area contributed by atoms with Crippen LogP contribution in [0.2, 0.25) is 0 Å². The summed E-state index contributed by atoms with van der Waals surface area (Å²) in [4.78, 5) is 2.40. The molecule has 4 N–H and O–H groups in total. The van der Waals surface area contributed by atoms with Gasteiger partial charge in [0.05, 0.1) is 25.5 Å². The summed E-state index contributed by atoms with van der Waals surface area (Å²) in [7, 11) is 1.85. The van der Waals surface area contributed by atoms with Crippen LogP contribution in [0.15, 0.2) is 42.5 Å². The van der Waals surface area contributed by atoms with E-state index < -0.39 is 0 Å².